The van der Waals surface area contributed by atoms with Crippen molar-refractivity contribution >= 4 is 17.5 Å². The lowest BCUT2D eigenvalue weighted by Gasteiger charge is -2.24. The van der Waals surface area contributed by atoms with Crippen LogP contribution in [-0.4, -0.2) is 25.5 Å². The van der Waals surface area contributed by atoms with Gasteiger partial charge >= 0.3 is 0 Å². The standard InChI is InChI=1S/C18H27ClN2O/c1-14(18(22)20-12-15-7-4-3-5-8-15)21(2)13-16-9-6-10-17(19)11-16/h6,9-11,14-15H,3-5,7-8,12-13H2,1-2H3,(H,20,22)/p+1/t14-/m1/s1. The lowest BCUT2D eigenvalue weighted by Crippen LogP contribution is -3.12. The minimum absolute atomic E-state index is 0.0532. The molecule has 2 N–H and O–H groups in total. The molecule has 0 heterocycles. The monoisotopic (exact) mass is 323 g/mol. The molecule has 2 rings (SSSR count). The SMILES string of the molecule is C[C@H](C(=O)NCC1CCCCC1)[NH+](C)Cc1cccc(Cl)c1. The van der Waals surface area contributed by atoms with Gasteiger partial charge in [0.15, 0.2) is 6.04 Å². The maximum atomic E-state index is 12.3. The number of carbonyl (C=O) groups is 1. The van der Waals surface area contributed by atoms with Crippen molar-refractivity contribution < 1.29 is 9.69 Å². The van der Waals surface area contributed by atoms with Gasteiger partial charge in [0.25, 0.3) is 5.91 Å². The predicted octanol–water partition coefficient (Wildman–Crippen LogP) is 2.44. The fourth-order valence-corrected chi connectivity index (χ4v) is 3.35. The van der Waals surface area contributed by atoms with E-state index in [0.29, 0.717) is 5.92 Å². The summed E-state index contributed by atoms with van der Waals surface area (Å²) in [6.07, 6.45) is 6.51. The fourth-order valence-electron chi connectivity index (χ4n) is 3.14. The normalized spacial score (nSPS) is 18.7. The Kier molecular flexibility index (Phi) is 6.71. The zero-order chi connectivity index (χ0) is 15.9. The molecule has 0 aromatic heterocycles. The summed E-state index contributed by atoms with van der Waals surface area (Å²) in [6.45, 7) is 3.64. The molecule has 0 saturated heterocycles. The molecule has 0 spiro atoms. The van der Waals surface area contributed by atoms with Crippen molar-refractivity contribution in [3.8, 4) is 0 Å². The van der Waals surface area contributed by atoms with Gasteiger partial charge in [-0.1, -0.05) is 43.0 Å². The number of hydrogen-bond donors (Lipinski definition) is 2. The van der Waals surface area contributed by atoms with Crippen molar-refractivity contribution in [2.45, 2.75) is 51.6 Å². The highest BCUT2D eigenvalue weighted by Gasteiger charge is 2.23. The Hall–Kier alpha value is -1.06. The van der Waals surface area contributed by atoms with Crippen LogP contribution in [-0.2, 0) is 11.3 Å². The molecular weight excluding hydrogens is 296 g/mol. The van der Waals surface area contributed by atoms with Gasteiger partial charge in [-0.2, -0.15) is 0 Å². The Balaban J connectivity index is 1.78. The second kappa shape index (κ2) is 8.54. The summed E-state index contributed by atoms with van der Waals surface area (Å²) in [5, 5.41) is 3.89. The molecule has 1 aliphatic rings. The van der Waals surface area contributed by atoms with E-state index in [9.17, 15) is 4.79 Å². The van der Waals surface area contributed by atoms with Crippen LogP contribution in [0.1, 0.15) is 44.6 Å². The zero-order valence-corrected chi connectivity index (χ0v) is 14.5. The highest BCUT2D eigenvalue weighted by atomic mass is 35.5. The van der Waals surface area contributed by atoms with Crippen molar-refractivity contribution in [2.24, 2.45) is 5.92 Å². The van der Waals surface area contributed by atoms with Crippen molar-refractivity contribution in [2.75, 3.05) is 13.6 Å². The second-order valence-corrected chi connectivity index (χ2v) is 7.06. The van der Waals surface area contributed by atoms with Gasteiger partial charge in [-0.15, -0.1) is 0 Å². The highest BCUT2D eigenvalue weighted by molar-refractivity contribution is 6.30. The van der Waals surface area contributed by atoms with Crippen LogP contribution in [0, 0.1) is 5.92 Å². The van der Waals surface area contributed by atoms with Crippen LogP contribution in [0.15, 0.2) is 24.3 Å². The average Bonchev–Trinajstić information content (AvgIpc) is 2.53. The van der Waals surface area contributed by atoms with Crippen molar-refractivity contribution in [3.05, 3.63) is 34.9 Å². The number of likely N-dealkylation sites (N-methyl/N-ethyl adjacent to an activating group) is 1. The Morgan fingerprint density at radius 3 is 2.77 bits per heavy atom. The van der Waals surface area contributed by atoms with E-state index in [4.69, 9.17) is 11.6 Å². The summed E-state index contributed by atoms with van der Waals surface area (Å²) < 4.78 is 0. The van der Waals surface area contributed by atoms with Gasteiger partial charge < -0.3 is 10.2 Å². The number of benzene rings is 1. The molecule has 3 nitrogen and oxygen atoms in total. The van der Waals surface area contributed by atoms with Crippen molar-refractivity contribution in [1.82, 2.24) is 5.32 Å². The quantitative estimate of drug-likeness (QED) is 0.828. The number of amides is 1. The van der Waals surface area contributed by atoms with Crippen LogP contribution in [0.25, 0.3) is 0 Å². The third kappa shape index (κ3) is 5.29. The highest BCUT2D eigenvalue weighted by Crippen LogP contribution is 2.22. The predicted molar refractivity (Wildman–Crippen MR) is 91.1 cm³/mol. The minimum Gasteiger partial charge on any atom is -0.351 e. The van der Waals surface area contributed by atoms with Crippen LogP contribution >= 0.6 is 11.6 Å². The Morgan fingerprint density at radius 2 is 2.09 bits per heavy atom. The third-order valence-electron chi connectivity index (χ3n) is 4.79. The molecule has 2 atom stereocenters. The zero-order valence-electron chi connectivity index (χ0n) is 13.7. The van der Waals surface area contributed by atoms with Crippen LogP contribution in [0.4, 0.5) is 0 Å². The van der Waals surface area contributed by atoms with E-state index < -0.39 is 0 Å². The number of nitrogens with one attached hydrogen (secondary N) is 2. The van der Waals surface area contributed by atoms with Gasteiger partial charge in [-0.25, -0.2) is 0 Å². The molecule has 0 bridgehead atoms. The minimum atomic E-state index is -0.0532. The van der Waals surface area contributed by atoms with Gasteiger partial charge in [0.1, 0.15) is 6.54 Å². The molecule has 0 aliphatic heterocycles. The van der Waals surface area contributed by atoms with E-state index >= 15 is 0 Å². The molecule has 1 aromatic carbocycles. The number of halogens is 1. The molecule has 1 aromatic rings. The second-order valence-electron chi connectivity index (χ2n) is 6.62. The lowest BCUT2D eigenvalue weighted by atomic mass is 9.89. The Labute approximate surface area is 139 Å². The van der Waals surface area contributed by atoms with Gasteiger partial charge in [0.05, 0.1) is 7.05 Å². The molecule has 0 radical (unpaired) electrons. The van der Waals surface area contributed by atoms with Gasteiger partial charge in [0, 0.05) is 17.1 Å². The molecule has 1 saturated carbocycles. The van der Waals surface area contributed by atoms with E-state index in [1.165, 1.54) is 37.0 Å². The first-order valence-electron chi connectivity index (χ1n) is 8.40. The summed E-state index contributed by atoms with van der Waals surface area (Å²) in [5.41, 5.74) is 1.16. The average molecular weight is 324 g/mol. The van der Waals surface area contributed by atoms with Crippen LogP contribution in [0.3, 0.4) is 0 Å². The lowest BCUT2D eigenvalue weighted by molar-refractivity contribution is -0.908. The van der Waals surface area contributed by atoms with E-state index in [-0.39, 0.29) is 11.9 Å². The maximum absolute atomic E-state index is 12.3. The molecule has 1 fully saturated rings. The number of carbonyl (C=O) groups excluding carboxylic acids is 1. The van der Waals surface area contributed by atoms with E-state index in [0.717, 1.165) is 23.7 Å². The summed E-state index contributed by atoms with van der Waals surface area (Å²) in [4.78, 5) is 13.5. The maximum Gasteiger partial charge on any atom is 0.278 e. The fraction of sp³-hybridized carbons (Fsp3) is 0.611. The van der Waals surface area contributed by atoms with Gasteiger partial charge in [-0.05, 0) is 37.8 Å². The third-order valence-corrected chi connectivity index (χ3v) is 5.03. The molecule has 4 heteroatoms. The number of rotatable bonds is 6. The van der Waals surface area contributed by atoms with Crippen LogP contribution in [0.2, 0.25) is 5.02 Å². The van der Waals surface area contributed by atoms with E-state index in [1.807, 2.05) is 25.1 Å². The summed E-state index contributed by atoms with van der Waals surface area (Å²) in [6, 6.07) is 7.81. The summed E-state index contributed by atoms with van der Waals surface area (Å²) in [5.74, 6) is 0.836. The van der Waals surface area contributed by atoms with Crippen LogP contribution < -0.4 is 10.2 Å². The molecule has 22 heavy (non-hydrogen) atoms. The first-order valence-corrected chi connectivity index (χ1v) is 8.78. The molecule has 122 valence electrons. The smallest absolute Gasteiger partial charge is 0.278 e. The molecule has 1 unspecified atom stereocenters. The van der Waals surface area contributed by atoms with Crippen LogP contribution in [0.5, 0.6) is 0 Å². The summed E-state index contributed by atoms with van der Waals surface area (Å²) in [7, 11) is 2.06. The molecular formula is C18H28ClN2O+. The first kappa shape index (κ1) is 17.3. The Morgan fingerprint density at radius 1 is 1.36 bits per heavy atom. The first-order chi connectivity index (χ1) is 10.6. The van der Waals surface area contributed by atoms with Gasteiger partial charge in [-0.3, -0.25) is 4.79 Å². The van der Waals surface area contributed by atoms with E-state index in [1.54, 1.807) is 0 Å². The van der Waals surface area contributed by atoms with Crippen molar-refractivity contribution in [3.63, 3.8) is 0 Å². The topological polar surface area (TPSA) is 33.5 Å². The Bertz CT molecular complexity index is 486. The number of quaternary nitrogens is 1. The van der Waals surface area contributed by atoms with Crippen molar-refractivity contribution in [1.29, 1.82) is 0 Å². The number of hydrogen-bond acceptors (Lipinski definition) is 1. The van der Waals surface area contributed by atoms with Gasteiger partial charge in [0.2, 0.25) is 0 Å². The largest absolute Gasteiger partial charge is 0.351 e. The molecule has 1 aliphatic carbocycles. The summed E-state index contributed by atoms with van der Waals surface area (Å²) >= 11 is 6.02. The molecule has 1 amide bonds. The van der Waals surface area contributed by atoms with E-state index in [2.05, 4.69) is 18.4 Å².